The van der Waals surface area contributed by atoms with Gasteiger partial charge in [-0.25, -0.2) is 9.79 Å². The number of nitrogens with zero attached hydrogens (tertiary/aromatic N) is 2. The molecule has 9 heteroatoms. The van der Waals surface area contributed by atoms with Gasteiger partial charge in [0.05, 0.1) is 28.5 Å². The minimum absolute atomic E-state index is 0.214. The first-order chi connectivity index (χ1) is 18.8. The van der Waals surface area contributed by atoms with Gasteiger partial charge >= 0.3 is 5.97 Å². The number of thiazole rings is 1. The van der Waals surface area contributed by atoms with Crippen molar-refractivity contribution in [1.82, 2.24) is 4.57 Å². The Morgan fingerprint density at radius 2 is 1.79 bits per heavy atom. The van der Waals surface area contributed by atoms with Crippen molar-refractivity contribution in [1.29, 1.82) is 0 Å². The summed E-state index contributed by atoms with van der Waals surface area (Å²) in [4.78, 5) is 31.8. The van der Waals surface area contributed by atoms with Crippen LogP contribution in [0.3, 0.4) is 0 Å². The fraction of sp³-hybridized carbons (Fsp3) is 0.167. The van der Waals surface area contributed by atoms with E-state index in [1.54, 1.807) is 30.5 Å². The zero-order valence-electron chi connectivity index (χ0n) is 21.2. The predicted octanol–water partition coefficient (Wildman–Crippen LogP) is 5.68. The molecular formula is C30H24Cl2N2O4S. The molecule has 0 saturated carbocycles. The van der Waals surface area contributed by atoms with Crippen molar-refractivity contribution in [2.75, 3.05) is 6.61 Å². The van der Waals surface area contributed by atoms with E-state index >= 15 is 0 Å². The van der Waals surface area contributed by atoms with Crippen LogP contribution in [0, 0.1) is 0 Å². The SMILES string of the molecule is CCOC(=O)C1=C(C)N=c2s/c(=C\c3ccc(OCc4cccc(Cl)c4)cc3)c(=O)n2[C@@H]1c1ccc(Cl)cc1. The third-order valence-electron chi connectivity index (χ3n) is 6.18. The van der Waals surface area contributed by atoms with Gasteiger partial charge in [0.15, 0.2) is 4.80 Å². The molecule has 2 heterocycles. The molecule has 6 nitrogen and oxygen atoms in total. The number of fused-ring (bicyclic) bond motifs is 1. The summed E-state index contributed by atoms with van der Waals surface area (Å²) < 4.78 is 13.3. The second-order valence-corrected chi connectivity index (χ2v) is 10.7. The number of carbonyl (C=O) groups excluding carboxylic acids is 1. The first-order valence-electron chi connectivity index (χ1n) is 12.3. The smallest absolute Gasteiger partial charge is 0.338 e. The van der Waals surface area contributed by atoms with Crippen LogP contribution in [0.1, 0.15) is 36.6 Å². The Morgan fingerprint density at radius 1 is 1.05 bits per heavy atom. The van der Waals surface area contributed by atoms with Gasteiger partial charge in [0.2, 0.25) is 0 Å². The Balaban J connectivity index is 1.49. The maximum Gasteiger partial charge on any atom is 0.338 e. The highest BCUT2D eigenvalue weighted by atomic mass is 35.5. The molecule has 0 spiro atoms. The van der Waals surface area contributed by atoms with Crippen LogP contribution >= 0.6 is 34.5 Å². The molecule has 1 aliphatic heterocycles. The van der Waals surface area contributed by atoms with Crippen molar-refractivity contribution in [3.63, 3.8) is 0 Å². The lowest BCUT2D eigenvalue weighted by molar-refractivity contribution is -0.139. The van der Waals surface area contributed by atoms with E-state index in [0.717, 1.165) is 16.7 Å². The number of hydrogen-bond acceptors (Lipinski definition) is 6. The number of carbonyl (C=O) groups is 1. The molecule has 0 saturated heterocycles. The normalized spacial score (nSPS) is 15.1. The molecule has 0 aliphatic carbocycles. The Kier molecular flexibility index (Phi) is 8.02. The molecular weight excluding hydrogens is 555 g/mol. The van der Waals surface area contributed by atoms with Gasteiger partial charge in [-0.05, 0) is 73.0 Å². The van der Waals surface area contributed by atoms with E-state index in [9.17, 15) is 9.59 Å². The quantitative estimate of drug-likeness (QED) is 0.264. The number of hydrogen-bond donors (Lipinski definition) is 0. The van der Waals surface area contributed by atoms with E-state index < -0.39 is 12.0 Å². The molecule has 0 N–H and O–H groups in total. The monoisotopic (exact) mass is 578 g/mol. The van der Waals surface area contributed by atoms with Crippen LogP contribution in [0.25, 0.3) is 6.08 Å². The molecule has 198 valence electrons. The average molecular weight is 580 g/mol. The van der Waals surface area contributed by atoms with Crippen molar-refractivity contribution >= 4 is 46.6 Å². The summed E-state index contributed by atoms with van der Waals surface area (Å²) in [5, 5.41) is 1.22. The van der Waals surface area contributed by atoms with E-state index in [2.05, 4.69) is 4.99 Å². The summed E-state index contributed by atoms with van der Waals surface area (Å²) in [5.74, 6) is 0.201. The van der Waals surface area contributed by atoms with Crippen LogP contribution in [0.4, 0.5) is 0 Å². The fourth-order valence-corrected chi connectivity index (χ4v) is 5.74. The molecule has 3 aromatic carbocycles. The average Bonchev–Trinajstić information content (AvgIpc) is 3.22. The van der Waals surface area contributed by atoms with Gasteiger partial charge in [-0.2, -0.15) is 0 Å². The van der Waals surface area contributed by atoms with Crippen molar-refractivity contribution in [2.24, 2.45) is 4.99 Å². The second-order valence-electron chi connectivity index (χ2n) is 8.84. The Bertz CT molecular complexity index is 1740. The van der Waals surface area contributed by atoms with Crippen LogP contribution in [0.5, 0.6) is 5.75 Å². The minimum atomic E-state index is -0.679. The highest BCUT2D eigenvalue weighted by Crippen LogP contribution is 2.31. The van der Waals surface area contributed by atoms with Gasteiger partial charge < -0.3 is 9.47 Å². The maximum atomic E-state index is 13.7. The largest absolute Gasteiger partial charge is 0.489 e. The highest BCUT2D eigenvalue weighted by molar-refractivity contribution is 7.07. The topological polar surface area (TPSA) is 69.9 Å². The Hall–Kier alpha value is -3.65. The van der Waals surface area contributed by atoms with Crippen molar-refractivity contribution < 1.29 is 14.3 Å². The third kappa shape index (κ3) is 5.86. The molecule has 0 fully saturated rings. The van der Waals surface area contributed by atoms with E-state index in [1.807, 2.05) is 66.7 Å². The molecule has 0 radical (unpaired) electrons. The lowest BCUT2D eigenvalue weighted by Gasteiger charge is -2.24. The molecule has 0 unspecified atom stereocenters. The standard InChI is InChI=1S/C30H24Cl2N2O4S/c1-3-37-29(36)26-18(2)33-30-34(27(26)21-9-11-22(31)12-10-21)28(35)25(39-30)16-19-7-13-24(14-8-19)38-17-20-5-4-6-23(32)15-20/h4-16,27H,3,17H2,1-2H3/b25-16-/t27-/m1/s1. The summed E-state index contributed by atoms with van der Waals surface area (Å²) in [6, 6.07) is 21.4. The van der Waals surface area contributed by atoms with E-state index in [0.29, 0.717) is 43.0 Å². The van der Waals surface area contributed by atoms with Gasteiger partial charge in [0.25, 0.3) is 5.56 Å². The molecule has 4 aromatic rings. The number of ether oxygens (including phenoxy) is 2. The van der Waals surface area contributed by atoms with Gasteiger partial charge in [-0.1, -0.05) is 70.9 Å². The molecule has 39 heavy (non-hydrogen) atoms. The van der Waals surface area contributed by atoms with Gasteiger partial charge in [0, 0.05) is 10.0 Å². The zero-order valence-corrected chi connectivity index (χ0v) is 23.5. The second kappa shape index (κ2) is 11.6. The number of rotatable bonds is 7. The first kappa shape index (κ1) is 26.9. The Morgan fingerprint density at radius 3 is 2.49 bits per heavy atom. The van der Waals surface area contributed by atoms with E-state index in [4.69, 9.17) is 32.7 Å². The minimum Gasteiger partial charge on any atom is -0.489 e. The first-order valence-corrected chi connectivity index (χ1v) is 13.8. The van der Waals surface area contributed by atoms with Crippen LogP contribution in [-0.4, -0.2) is 17.1 Å². The predicted molar refractivity (Wildman–Crippen MR) is 154 cm³/mol. The molecule has 1 aliphatic rings. The van der Waals surface area contributed by atoms with E-state index in [-0.39, 0.29) is 12.2 Å². The molecule has 5 rings (SSSR count). The maximum absolute atomic E-state index is 13.7. The summed E-state index contributed by atoms with van der Waals surface area (Å²) in [7, 11) is 0. The van der Waals surface area contributed by atoms with Crippen molar-refractivity contribution in [3.05, 3.63) is 130 Å². The molecule has 1 atom stereocenters. The Labute approximate surface area is 239 Å². The van der Waals surface area contributed by atoms with Crippen molar-refractivity contribution in [3.8, 4) is 5.75 Å². The number of halogens is 2. The number of aromatic nitrogens is 1. The summed E-state index contributed by atoms with van der Waals surface area (Å²) >= 11 is 13.4. The van der Waals surface area contributed by atoms with Gasteiger partial charge in [0.1, 0.15) is 12.4 Å². The van der Waals surface area contributed by atoms with Crippen LogP contribution in [-0.2, 0) is 16.1 Å². The van der Waals surface area contributed by atoms with Crippen molar-refractivity contribution in [2.45, 2.75) is 26.5 Å². The number of allylic oxidation sites excluding steroid dienone is 1. The summed E-state index contributed by atoms with van der Waals surface area (Å²) in [5.41, 5.74) is 3.15. The number of benzene rings is 3. The van der Waals surface area contributed by atoms with E-state index in [1.165, 1.54) is 11.3 Å². The third-order valence-corrected chi connectivity index (χ3v) is 7.65. The lowest BCUT2D eigenvalue weighted by atomic mass is 9.96. The zero-order chi connectivity index (χ0) is 27.5. The van der Waals surface area contributed by atoms with Gasteiger partial charge in [-0.3, -0.25) is 9.36 Å². The van der Waals surface area contributed by atoms with Crippen LogP contribution < -0.4 is 19.6 Å². The molecule has 1 aromatic heterocycles. The summed E-state index contributed by atoms with van der Waals surface area (Å²) in [6.07, 6.45) is 1.81. The summed E-state index contributed by atoms with van der Waals surface area (Å²) in [6.45, 7) is 4.11. The van der Waals surface area contributed by atoms with Crippen LogP contribution in [0.2, 0.25) is 10.0 Å². The highest BCUT2D eigenvalue weighted by Gasteiger charge is 2.33. The lowest BCUT2D eigenvalue weighted by Crippen LogP contribution is -2.39. The van der Waals surface area contributed by atoms with Gasteiger partial charge in [-0.15, -0.1) is 0 Å². The number of esters is 1. The fourth-order valence-electron chi connectivity index (χ4n) is 4.36. The molecule has 0 amide bonds. The molecule has 0 bridgehead atoms. The van der Waals surface area contributed by atoms with Crippen LogP contribution in [0.15, 0.2) is 93.9 Å².